The van der Waals surface area contributed by atoms with Crippen molar-refractivity contribution in [2.24, 2.45) is 0 Å². The molecule has 34 heavy (non-hydrogen) atoms. The Labute approximate surface area is 205 Å². The van der Waals surface area contributed by atoms with Crippen LogP contribution in [-0.2, 0) is 12.8 Å². The first kappa shape index (κ1) is 27.6. The summed E-state index contributed by atoms with van der Waals surface area (Å²) in [6.45, 7) is 4.40. The van der Waals surface area contributed by atoms with Gasteiger partial charge in [0.1, 0.15) is 11.5 Å². The molecule has 4 nitrogen and oxygen atoms in total. The highest BCUT2D eigenvalue weighted by molar-refractivity contribution is 5.93. The molecule has 2 aromatic carbocycles. The van der Waals surface area contributed by atoms with Crippen LogP contribution in [-0.4, -0.2) is 22.8 Å². The zero-order chi connectivity index (χ0) is 24.8. The van der Waals surface area contributed by atoms with E-state index in [2.05, 4.69) is 13.8 Å². The zero-order valence-corrected chi connectivity index (χ0v) is 21.1. The zero-order valence-electron chi connectivity index (χ0n) is 21.1. The molecule has 0 saturated heterocycles. The predicted molar refractivity (Wildman–Crippen MR) is 140 cm³/mol. The Morgan fingerprint density at radius 1 is 0.559 bits per heavy atom. The number of aromatic hydroxyl groups is 2. The number of carbonyl (C=O) groups excluding carboxylic acids is 2. The van der Waals surface area contributed by atoms with E-state index >= 15 is 0 Å². The van der Waals surface area contributed by atoms with Gasteiger partial charge in [0.15, 0.2) is 12.6 Å². The number of aryl methyl sites for hydroxylation is 2. The third-order valence-electron chi connectivity index (χ3n) is 6.69. The summed E-state index contributed by atoms with van der Waals surface area (Å²) in [6, 6.07) is 7.05. The van der Waals surface area contributed by atoms with Crippen molar-refractivity contribution in [3.8, 4) is 22.6 Å². The SMILES string of the molecule is CCCCCCCCc1ccc(C=O)c(O)c1-c1c(CCCCCCCC)ccc(C=O)c1O. The summed E-state index contributed by atoms with van der Waals surface area (Å²) in [5.41, 5.74) is 3.20. The summed E-state index contributed by atoms with van der Waals surface area (Å²) in [7, 11) is 0. The molecule has 0 atom stereocenters. The van der Waals surface area contributed by atoms with Crippen molar-refractivity contribution in [2.75, 3.05) is 0 Å². The van der Waals surface area contributed by atoms with E-state index in [1.165, 1.54) is 51.4 Å². The number of carbonyl (C=O) groups is 2. The maximum Gasteiger partial charge on any atom is 0.153 e. The minimum atomic E-state index is -0.110. The molecule has 0 aliphatic rings. The lowest BCUT2D eigenvalue weighted by atomic mass is 9.87. The second kappa shape index (κ2) is 15.3. The number of phenols is 2. The van der Waals surface area contributed by atoms with Crippen LogP contribution in [0.4, 0.5) is 0 Å². The molecule has 0 aromatic heterocycles. The Morgan fingerprint density at radius 3 is 1.26 bits per heavy atom. The summed E-state index contributed by atoms with van der Waals surface area (Å²) < 4.78 is 0. The van der Waals surface area contributed by atoms with Crippen LogP contribution in [0.5, 0.6) is 11.5 Å². The highest BCUT2D eigenvalue weighted by atomic mass is 16.3. The van der Waals surface area contributed by atoms with Gasteiger partial charge in [-0.25, -0.2) is 0 Å². The monoisotopic (exact) mass is 466 g/mol. The minimum Gasteiger partial charge on any atom is -0.507 e. The van der Waals surface area contributed by atoms with Gasteiger partial charge in [0.25, 0.3) is 0 Å². The molecule has 0 heterocycles. The fraction of sp³-hybridized carbons (Fsp3) is 0.533. The maximum absolute atomic E-state index is 11.6. The summed E-state index contributed by atoms with van der Waals surface area (Å²) in [5.74, 6) is -0.220. The minimum absolute atomic E-state index is 0.110. The second-order valence-electron chi connectivity index (χ2n) is 9.35. The van der Waals surface area contributed by atoms with Gasteiger partial charge in [0.05, 0.1) is 11.1 Å². The molecule has 0 fully saturated rings. The average Bonchev–Trinajstić information content (AvgIpc) is 2.84. The molecule has 0 aliphatic carbocycles. The lowest BCUT2D eigenvalue weighted by Crippen LogP contribution is -2.00. The molecule has 2 N–H and O–H groups in total. The Balaban J connectivity index is 2.37. The van der Waals surface area contributed by atoms with E-state index in [0.29, 0.717) is 23.7 Å². The number of unbranched alkanes of at least 4 members (excludes halogenated alkanes) is 10. The van der Waals surface area contributed by atoms with E-state index in [1.54, 1.807) is 12.1 Å². The fourth-order valence-electron chi connectivity index (χ4n) is 4.65. The second-order valence-corrected chi connectivity index (χ2v) is 9.35. The summed E-state index contributed by atoms with van der Waals surface area (Å²) in [6.07, 6.45) is 16.6. The van der Waals surface area contributed by atoms with Crippen molar-refractivity contribution in [2.45, 2.75) is 104 Å². The average molecular weight is 467 g/mol. The van der Waals surface area contributed by atoms with E-state index in [0.717, 1.165) is 49.7 Å². The Bertz CT molecular complexity index is 841. The standard InChI is InChI=1S/C30H42O4/c1-3-5-7-9-11-13-15-23-17-19-25(21-31)29(33)27(23)28-24(16-14-12-10-8-6-4-2)18-20-26(22-32)30(28)34/h17-22,33-34H,3-16H2,1-2H3. The van der Waals surface area contributed by atoms with Crippen LogP contribution in [0, 0.1) is 0 Å². The smallest absolute Gasteiger partial charge is 0.153 e. The van der Waals surface area contributed by atoms with E-state index in [9.17, 15) is 19.8 Å². The molecule has 0 bridgehead atoms. The Hall–Kier alpha value is -2.62. The van der Waals surface area contributed by atoms with Crippen molar-refractivity contribution in [3.63, 3.8) is 0 Å². The van der Waals surface area contributed by atoms with Crippen LogP contribution in [0.2, 0.25) is 0 Å². The van der Waals surface area contributed by atoms with Gasteiger partial charge in [0.2, 0.25) is 0 Å². The quantitative estimate of drug-likeness (QED) is 0.182. The van der Waals surface area contributed by atoms with Crippen LogP contribution in [0.3, 0.4) is 0 Å². The van der Waals surface area contributed by atoms with Gasteiger partial charge in [-0.2, -0.15) is 0 Å². The molecule has 0 saturated carbocycles. The van der Waals surface area contributed by atoms with E-state index < -0.39 is 0 Å². The largest absolute Gasteiger partial charge is 0.507 e. The molecule has 2 aromatic rings. The first-order chi connectivity index (χ1) is 16.6. The van der Waals surface area contributed by atoms with Gasteiger partial charge in [-0.15, -0.1) is 0 Å². The lowest BCUT2D eigenvalue weighted by molar-refractivity contribution is 0.111. The Morgan fingerprint density at radius 2 is 0.912 bits per heavy atom. The molecule has 0 spiro atoms. The molecular formula is C30H42O4. The van der Waals surface area contributed by atoms with Gasteiger partial charge in [-0.05, 0) is 48.9 Å². The van der Waals surface area contributed by atoms with Crippen molar-refractivity contribution < 1.29 is 19.8 Å². The first-order valence-corrected chi connectivity index (χ1v) is 13.2. The fourth-order valence-corrected chi connectivity index (χ4v) is 4.65. The van der Waals surface area contributed by atoms with Gasteiger partial charge >= 0.3 is 0 Å². The first-order valence-electron chi connectivity index (χ1n) is 13.2. The molecule has 2 rings (SSSR count). The predicted octanol–water partition coefficient (Wildman–Crippen LogP) is 8.20. The van der Waals surface area contributed by atoms with Gasteiger partial charge in [-0.1, -0.05) is 90.2 Å². The Kier molecular flexibility index (Phi) is 12.4. The summed E-state index contributed by atoms with van der Waals surface area (Å²) in [5, 5.41) is 22.1. The lowest BCUT2D eigenvalue weighted by Gasteiger charge is -2.19. The molecular weight excluding hydrogens is 424 g/mol. The highest BCUT2D eigenvalue weighted by Gasteiger charge is 2.22. The molecule has 0 aliphatic heterocycles. The van der Waals surface area contributed by atoms with E-state index in [-0.39, 0.29) is 22.6 Å². The molecule has 4 heteroatoms. The van der Waals surface area contributed by atoms with Crippen molar-refractivity contribution in [1.29, 1.82) is 0 Å². The highest BCUT2D eigenvalue weighted by Crippen LogP contribution is 2.44. The van der Waals surface area contributed by atoms with Crippen LogP contribution in [0.15, 0.2) is 24.3 Å². The van der Waals surface area contributed by atoms with Crippen LogP contribution < -0.4 is 0 Å². The van der Waals surface area contributed by atoms with Gasteiger partial charge in [0, 0.05) is 11.1 Å². The summed E-state index contributed by atoms with van der Waals surface area (Å²) >= 11 is 0. The van der Waals surface area contributed by atoms with Crippen LogP contribution in [0.25, 0.3) is 11.1 Å². The van der Waals surface area contributed by atoms with Gasteiger partial charge in [-0.3, -0.25) is 9.59 Å². The number of hydrogen-bond donors (Lipinski definition) is 2. The number of hydrogen-bond acceptors (Lipinski definition) is 4. The molecule has 0 amide bonds. The van der Waals surface area contributed by atoms with E-state index in [4.69, 9.17) is 0 Å². The summed E-state index contributed by atoms with van der Waals surface area (Å²) in [4.78, 5) is 23.2. The van der Waals surface area contributed by atoms with Crippen LogP contribution in [0.1, 0.15) is 123 Å². The maximum atomic E-state index is 11.6. The molecule has 0 radical (unpaired) electrons. The number of rotatable bonds is 17. The molecule has 0 unspecified atom stereocenters. The number of benzene rings is 2. The van der Waals surface area contributed by atoms with Crippen molar-refractivity contribution in [3.05, 3.63) is 46.5 Å². The van der Waals surface area contributed by atoms with Crippen molar-refractivity contribution in [1.82, 2.24) is 0 Å². The van der Waals surface area contributed by atoms with Gasteiger partial charge < -0.3 is 10.2 Å². The van der Waals surface area contributed by atoms with Crippen LogP contribution >= 0.6 is 0 Å². The number of aldehydes is 2. The number of phenolic OH excluding ortho intramolecular Hbond substituents is 2. The third-order valence-corrected chi connectivity index (χ3v) is 6.69. The third kappa shape index (κ3) is 7.72. The van der Waals surface area contributed by atoms with Crippen molar-refractivity contribution >= 4 is 12.6 Å². The topological polar surface area (TPSA) is 74.6 Å². The molecule has 186 valence electrons. The van der Waals surface area contributed by atoms with E-state index in [1.807, 2.05) is 12.1 Å². The normalized spacial score (nSPS) is 11.0.